The van der Waals surface area contributed by atoms with Crippen molar-refractivity contribution < 1.29 is 5.11 Å². The Labute approximate surface area is 105 Å². The van der Waals surface area contributed by atoms with Crippen LogP contribution in [-0.4, -0.2) is 21.7 Å². The molecule has 90 valence electrons. The van der Waals surface area contributed by atoms with Gasteiger partial charge in [-0.1, -0.05) is 30.3 Å². The predicted molar refractivity (Wildman–Crippen MR) is 66.6 cm³/mol. The maximum Gasteiger partial charge on any atom is 0.224 e. The second-order valence-electron chi connectivity index (χ2n) is 3.67. The van der Waals surface area contributed by atoms with Gasteiger partial charge in [-0.15, -0.1) is 0 Å². The number of rotatable bonds is 4. The van der Waals surface area contributed by atoms with Crippen molar-refractivity contribution in [3.05, 3.63) is 53.9 Å². The maximum atomic E-state index is 9.38. The van der Waals surface area contributed by atoms with E-state index in [9.17, 15) is 5.11 Å². The summed E-state index contributed by atoms with van der Waals surface area (Å²) in [5.74, 6) is 0.331. The zero-order valence-electron chi connectivity index (χ0n) is 9.61. The highest BCUT2D eigenvalue weighted by Gasteiger charge is 2.11. The minimum Gasteiger partial charge on any atom is -0.394 e. The fraction of sp³-hybridized carbons (Fsp3) is 0.154. The van der Waals surface area contributed by atoms with E-state index < -0.39 is 0 Å². The molecular weight excluding hydrogens is 228 g/mol. The molecule has 1 aromatic heterocycles. The van der Waals surface area contributed by atoms with Gasteiger partial charge in [-0.25, -0.2) is 9.97 Å². The molecule has 1 heterocycles. The van der Waals surface area contributed by atoms with Gasteiger partial charge in [0.25, 0.3) is 0 Å². The lowest BCUT2D eigenvalue weighted by atomic mass is 10.1. The minimum absolute atomic E-state index is 0.0792. The number of aliphatic hydroxyl groups is 1. The van der Waals surface area contributed by atoms with Gasteiger partial charge in [-0.05, 0) is 11.6 Å². The molecule has 1 aromatic carbocycles. The summed E-state index contributed by atoms with van der Waals surface area (Å²) in [6.07, 6.45) is 1.51. The van der Waals surface area contributed by atoms with Crippen LogP contribution in [0.3, 0.4) is 0 Å². The quantitative estimate of drug-likeness (QED) is 0.846. The van der Waals surface area contributed by atoms with Crippen LogP contribution in [-0.2, 0) is 0 Å². The van der Waals surface area contributed by atoms with Crippen LogP contribution >= 0.6 is 0 Å². The first-order chi connectivity index (χ1) is 8.83. The van der Waals surface area contributed by atoms with Gasteiger partial charge >= 0.3 is 0 Å². The van der Waals surface area contributed by atoms with Crippen LogP contribution in [0.2, 0.25) is 0 Å². The summed E-state index contributed by atoms with van der Waals surface area (Å²) in [5.41, 5.74) is 1.23. The van der Waals surface area contributed by atoms with Crippen LogP contribution in [0.4, 0.5) is 5.95 Å². The van der Waals surface area contributed by atoms with Crippen molar-refractivity contribution in [1.82, 2.24) is 9.97 Å². The number of aliphatic hydroxyl groups excluding tert-OH is 1. The topological polar surface area (TPSA) is 81.8 Å². The summed E-state index contributed by atoms with van der Waals surface area (Å²) >= 11 is 0. The molecule has 18 heavy (non-hydrogen) atoms. The van der Waals surface area contributed by atoms with E-state index in [2.05, 4.69) is 15.3 Å². The Bertz CT molecular complexity index is 550. The van der Waals surface area contributed by atoms with Gasteiger partial charge in [-0.2, -0.15) is 5.26 Å². The first-order valence-corrected chi connectivity index (χ1v) is 5.49. The highest BCUT2D eigenvalue weighted by Crippen LogP contribution is 2.16. The second kappa shape index (κ2) is 5.75. The number of nitrogens with one attached hydrogen (secondary N) is 1. The Morgan fingerprint density at radius 1 is 1.28 bits per heavy atom. The van der Waals surface area contributed by atoms with Crippen molar-refractivity contribution in [2.75, 3.05) is 11.9 Å². The van der Waals surface area contributed by atoms with Crippen molar-refractivity contribution in [2.45, 2.75) is 6.04 Å². The number of aromatic nitrogens is 2. The van der Waals surface area contributed by atoms with Gasteiger partial charge in [-0.3, -0.25) is 0 Å². The zero-order chi connectivity index (χ0) is 12.8. The van der Waals surface area contributed by atoms with E-state index >= 15 is 0 Å². The van der Waals surface area contributed by atoms with Gasteiger partial charge in [0.1, 0.15) is 11.8 Å². The Hall–Kier alpha value is -2.45. The molecule has 0 fully saturated rings. The number of benzene rings is 1. The third-order valence-corrected chi connectivity index (χ3v) is 2.46. The Morgan fingerprint density at radius 2 is 2.06 bits per heavy atom. The molecule has 0 aliphatic rings. The first kappa shape index (κ1) is 12.0. The average molecular weight is 240 g/mol. The highest BCUT2D eigenvalue weighted by atomic mass is 16.3. The maximum absolute atomic E-state index is 9.38. The van der Waals surface area contributed by atoms with Crippen LogP contribution in [0.5, 0.6) is 0 Å². The first-order valence-electron chi connectivity index (χ1n) is 5.49. The highest BCUT2D eigenvalue weighted by molar-refractivity contribution is 5.34. The summed E-state index contributed by atoms with van der Waals surface area (Å²) < 4.78 is 0. The van der Waals surface area contributed by atoms with E-state index in [1.807, 2.05) is 36.4 Å². The van der Waals surface area contributed by atoms with E-state index in [4.69, 9.17) is 5.26 Å². The average Bonchev–Trinajstić information content (AvgIpc) is 2.46. The summed E-state index contributed by atoms with van der Waals surface area (Å²) in [7, 11) is 0. The lowest BCUT2D eigenvalue weighted by Crippen LogP contribution is -2.16. The molecule has 2 aromatic rings. The van der Waals surface area contributed by atoms with Crippen LogP contribution in [0.1, 0.15) is 17.3 Å². The molecule has 0 spiro atoms. The third-order valence-electron chi connectivity index (χ3n) is 2.46. The Balaban J connectivity index is 2.18. The third kappa shape index (κ3) is 2.81. The fourth-order valence-electron chi connectivity index (χ4n) is 1.57. The number of nitriles is 1. The molecule has 0 saturated carbocycles. The molecule has 5 heteroatoms. The van der Waals surface area contributed by atoms with Crippen molar-refractivity contribution >= 4 is 5.95 Å². The van der Waals surface area contributed by atoms with Crippen LogP contribution in [0.25, 0.3) is 0 Å². The second-order valence-corrected chi connectivity index (χ2v) is 3.67. The predicted octanol–water partition coefficient (Wildman–Crippen LogP) is 1.49. The van der Waals surface area contributed by atoms with Crippen molar-refractivity contribution in [3.63, 3.8) is 0 Å². The molecule has 0 aliphatic heterocycles. The van der Waals surface area contributed by atoms with E-state index in [0.29, 0.717) is 5.95 Å². The molecule has 1 unspecified atom stereocenters. The molecule has 2 N–H and O–H groups in total. The molecule has 0 aliphatic carbocycles. The zero-order valence-corrected chi connectivity index (χ0v) is 9.61. The molecule has 2 rings (SSSR count). The summed E-state index contributed by atoms with van der Waals surface area (Å²) in [6, 6.07) is 12.7. The number of nitrogens with zero attached hydrogens (tertiary/aromatic N) is 3. The summed E-state index contributed by atoms with van der Waals surface area (Å²) in [4.78, 5) is 8.03. The summed E-state index contributed by atoms with van der Waals surface area (Å²) in [5, 5.41) is 21.1. The van der Waals surface area contributed by atoms with E-state index in [1.54, 1.807) is 0 Å². The van der Waals surface area contributed by atoms with E-state index in [-0.39, 0.29) is 18.3 Å². The molecule has 0 amide bonds. The lowest BCUT2D eigenvalue weighted by molar-refractivity contribution is 0.276. The SMILES string of the molecule is N#Cc1ccnc(NC(CO)c2ccccc2)n1. The Kier molecular flexibility index (Phi) is 3.84. The van der Waals surface area contributed by atoms with Crippen molar-refractivity contribution in [3.8, 4) is 6.07 Å². The fourth-order valence-corrected chi connectivity index (χ4v) is 1.57. The van der Waals surface area contributed by atoms with Crippen LogP contribution in [0.15, 0.2) is 42.6 Å². The number of hydrogen-bond donors (Lipinski definition) is 2. The van der Waals surface area contributed by atoms with Gasteiger partial charge in [0.2, 0.25) is 5.95 Å². The van der Waals surface area contributed by atoms with Crippen molar-refractivity contribution in [2.24, 2.45) is 0 Å². The van der Waals surface area contributed by atoms with Gasteiger partial charge in [0.05, 0.1) is 12.6 Å². The largest absolute Gasteiger partial charge is 0.394 e. The number of anilines is 1. The van der Waals surface area contributed by atoms with Crippen LogP contribution in [0, 0.1) is 11.3 Å². The van der Waals surface area contributed by atoms with Gasteiger partial charge < -0.3 is 10.4 Å². The molecule has 0 saturated heterocycles. The Morgan fingerprint density at radius 3 is 2.72 bits per heavy atom. The van der Waals surface area contributed by atoms with Crippen LogP contribution < -0.4 is 5.32 Å². The monoisotopic (exact) mass is 240 g/mol. The molecule has 0 radical (unpaired) electrons. The molecule has 5 nitrogen and oxygen atoms in total. The van der Waals surface area contributed by atoms with Gasteiger partial charge in [0, 0.05) is 6.20 Å². The standard InChI is InChI=1S/C13H12N4O/c14-8-11-6-7-15-13(16-11)17-12(9-18)10-4-2-1-3-5-10/h1-7,12,18H,9H2,(H,15,16,17). The van der Waals surface area contributed by atoms with E-state index in [1.165, 1.54) is 12.3 Å². The van der Waals surface area contributed by atoms with E-state index in [0.717, 1.165) is 5.56 Å². The summed E-state index contributed by atoms with van der Waals surface area (Å²) in [6.45, 7) is -0.0792. The lowest BCUT2D eigenvalue weighted by Gasteiger charge is -2.16. The molecule has 1 atom stereocenters. The van der Waals surface area contributed by atoms with Crippen molar-refractivity contribution in [1.29, 1.82) is 5.26 Å². The molecular formula is C13H12N4O. The minimum atomic E-state index is -0.292. The van der Waals surface area contributed by atoms with Gasteiger partial charge in [0.15, 0.2) is 0 Å². The normalized spacial score (nSPS) is 11.6. The molecule has 0 bridgehead atoms. The smallest absolute Gasteiger partial charge is 0.224 e. The number of hydrogen-bond acceptors (Lipinski definition) is 5.